The van der Waals surface area contributed by atoms with E-state index in [4.69, 9.17) is 10.4 Å². The number of carboxylic acid groups (broad SMARTS) is 1. The maximum absolute atomic E-state index is 12.1. The van der Waals surface area contributed by atoms with Crippen LogP contribution in [0, 0.1) is 11.3 Å². The summed E-state index contributed by atoms with van der Waals surface area (Å²) in [6.07, 6.45) is -0.167. The van der Waals surface area contributed by atoms with Crippen molar-refractivity contribution in [2.24, 2.45) is 0 Å². The van der Waals surface area contributed by atoms with Gasteiger partial charge in [-0.3, -0.25) is 9.69 Å². The predicted molar refractivity (Wildman–Crippen MR) is 74.4 cm³/mol. The van der Waals surface area contributed by atoms with Crippen molar-refractivity contribution >= 4 is 17.7 Å². The molecule has 0 aliphatic rings. The molecule has 6 nitrogen and oxygen atoms in total. The molecule has 0 bridgehead atoms. The molecule has 0 radical (unpaired) electrons. The van der Waals surface area contributed by atoms with Crippen LogP contribution in [0.2, 0.25) is 0 Å². The molecule has 0 fully saturated rings. The fourth-order valence-corrected chi connectivity index (χ4v) is 1.67. The number of hydrogen-bond acceptors (Lipinski definition) is 3. The zero-order chi connectivity index (χ0) is 15.3. The quantitative estimate of drug-likeness (QED) is 0.878. The van der Waals surface area contributed by atoms with Crippen molar-refractivity contribution in [3.05, 3.63) is 29.8 Å². The Morgan fingerprint density at radius 2 is 1.90 bits per heavy atom. The van der Waals surface area contributed by atoms with E-state index in [1.54, 1.807) is 45.2 Å². The minimum Gasteiger partial charge on any atom is -0.481 e. The molecule has 0 atom stereocenters. The molecule has 0 saturated carbocycles. The van der Waals surface area contributed by atoms with Crippen LogP contribution in [0.4, 0.5) is 10.5 Å². The van der Waals surface area contributed by atoms with Crippen LogP contribution in [0.1, 0.15) is 25.8 Å². The number of nitriles is 1. The van der Waals surface area contributed by atoms with Gasteiger partial charge < -0.3 is 10.4 Å². The molecule has 20 heavy (non-hydrogen) atoms. The van der Waals surface area contributed by atoms with Crippen LogP contribution in [0.15, 0.2) is 24.3 Å². The monoisotopic (exact) mass is 275 g/mol. The Bertz CT molecular complexity index is 544. The third-order valence-electron chi connectivity index (χ3n) is 2.73. The Labute approximate surface area is 117 Å². The molecular formula is C14H17N3O3. The number of carbonyl (C=O) groups excluding carboxylic acids is 1. The molecule has 1 rings (SSSR count). The van der Waals surface area contributed by atoms with Gasteiger partial charge in [0.05, 0.1) is 18.1 Å². The first-order valence-electron chi connectivity index (χ1n) is 6.03. The standard InChI is InChI=1S/C14H17N3O3/c1-14(2,8-12(18)19)16-13(20)17(3)11-6-4-10(9-15)5-7-11/h4-7H,8H2,1-3H3,(H,16,20)(H,18,19). The maximum Gasteiger partial charge on any atom is 0.322 e. The average Bonchev–Trinajstić information content (AvgIpc) is 2.35. The Hall–Kier alpha value is -2.55. The predicted octanol–water partition coefficient (Wildman–Crippen LogP) is 1.96. The number of amides is 2. The van der Waals surface area contributed by atoms with Gasteiger partial charge in [-0.2, -0.15) is 5.26 Å². The zero-order valence-electron chi connectivity index (χ0n) is 11.7. The number of benzene rings is 1. The molecule has 0 unspecified atom stereocenters. The molecule has 0 saturated heterocycles. The lowest BCUT2D eigenvalue weighted by molar-refractivity contribution is -0.138. The molecular weight excluding hydrogens is 258 g/mol. The van der Waals surface area contributed by atoms with Crippen molar-refractivity contribution in [1.29, 1.82) is 5.26 Å². The van der Waals surface area contributed by atoms with Crippen molar-refractivity contribution in [2.75, 3.05) is 11.9 Å². The summed E-state index contributed by atoms with van der Waals surface area (Å²) in [5, 5.41) is 20.1. The lowest BCUT2D eigenvalue weighted by Crippen LogP contribution is -2.50. The van der Waals surface area contributed by atoms with Gasteiger partial charge in [0.15, 0.2) is 0 Å². The first-order chi connectivity index (χ1) is 9.25. The molecule has 2 N–H and O–H groups in total. The van der Waals surface area contributed by atoms with Crippen LogP contribution in [-0.4, -0.2) is 29.7 Å². The Morgan fingerprint density at radius 3 is 2.35 bits per heavy atom. The summed E-state index contributed by atoms with van der Waals surface area (Å²) in [4.78, 5) is 24.1. The van der Waals surface area contributed by atoms with Crippen LogP contribution in [0.3, 0.4) is 0 Å². The third-order valence-corrected chi connectivity index (χ3v) is 2.73. The van der Waals surface area contributed by atoms with Crippen molar-refractivity contribution in [3.63, 3.8) is 0 Å². The van der Waals surface area contributed by atoms with Crippen molar-refractivity contribution < 1.29 is 14.7 Å². The first-order valence-corrected chi connectivity index (χ1v) is 6.03. The highest BCUT2D eigenvalue weighted by Crippen LogP contribution is 2.15. The van der Waals surface area contributed by atoms with Gasteiger partial charge in [-0.15, -0.1) is 0 Å². The van der Waals surface area contributed by atoms with Crippen molar-refractivity contribution in [1.82, 2.24) is 5.32 Å². The lowest BCUT2D eigenvalue weighted by Gasteiger charge is -2.28. The summed E-state index contributed by atoms with van der Waals surface area (Å²) < 4.78 is 0. The molecule has 106 valence electrons. The normalized spacial score (nSPS) is 10.5. The zero-order valence-corrected chi connectivity index (χ0v) is 11.7. The lowest BCUT2D eigenvalue weighted by atomic mass is 10.0. The molecule has 0 aromatic heterocycles. The summed E-state index contributed by atoms with van der Waals surface area (Å²) in [6, 6.07) is 8.13. The van der Waals surface area contributed by atoms with E-state index >= 15 is 0 Å². The van der Waals surface area contributed by atoms with E-state index in [-0.39, 0.29) is 6.42 Å². The number of anilines is 1. The maximum atomic E-state index is 12.1. The van der Waals surface area contributed by atoms with E-state index < -0.39 is 17.5 Å². The number of carbonyl (C=O) groups is 2. The second kappa shape index (κ2) is 6.06. The van der Waals surface area contributed by atoms with Gasteiger partial charge in [0, 0.05) is 18.3 Å². The Kier molecular flexibility index (Phi) is 4.70. The van der Waals surface area contributed by atoms with E-state index in [0.717, 1.165) is 0 Å². The average molecular weight is 275 g/mol. The minimum absolute atomic E-state index is 0.167. The van der Waals surface area contributed by atoms with Crippen molar-refractivity contribution in [3.8, 4) is 6.07 Å². The number of nitrogens with zero attached hydrogens (tertiary/aromatic N) is 2. The van der Waals surface area contributed by atoms with E-state index in [1.165, 1.54) is 4.90 Å². The summed E-state index contributed by atoms with van der Waals surface area (Å²) in [6.45, 7) is 3.29. The van der Waals surface area contributed by atoms with Crippen LogP contribution < -0.4 is 10.2 Å². The fraction of sp³-hybridized carbons (Fsp3) is 0.357. The van der Waals surface area contributed by atoms with Gasteiger partial charge in [-0.05, 0) is 38.1 Å². The van der Waals surface area contributed by atoms with Gasteiger partial charge in [-0.1, -0.05) is 0 Å². The van der Waals surface area contributed by atoms with Gasteiger partial charge in [0.1, 0.15) is 0 Å². The largest absolute Gasteiger partial charge is 0.481 e. The molecule has 1 aromatic carbocycles. The second-order valence-corrected chi connectivity index (χ2v) is 5.10. The van der Waals surface area contributed by atoms with Gasteiger partial charge in [-0.25, -0.2) is 4.79 Å². The summed E-state index contributed by atoms with van der Waals surface area (Å²) in [5.41, 5.74) is 0.283. The first kappa shape index (κ1) is 15.5. The highest BCUT2D eigenvalue weighted by molar-refractivity contribution is 5.92. The molecule has 0 aliphatic heterocycles. The van der Waals surface area contributed by atoms with Gasteiger partial charge in [0.25, 0.3) is 0 Å². The van der Waals surface area contributed by atoms with Crippen molar-refractivity contribution in [2.45, 2.75) is 25.8 Å². The molecule has 0 heterocycles. The highest BCUT2D eigenvalue weighted by atomic mass is 16.4. The molecule has 6 heteroatoms. The van der Waals surface area contributed by atoms with Crippen LogP contribution in [0.5, 0.6) is 0 Å². The molecule has 0 spiro atoms. The summed E-state index contributed by atoms with van der Waals surface area (Å²) in [5.74, 6) is -0.976. The third kappa shape index (κ3) is 4.28. The minimum atomic E-state index is -0.976. The number of hydrogen-bond donors (Lipinski definition) is 2. The molecule has 1 aromatic rings. The van der Waals surface area contributed by atoms with Crippen LogP contribution >= 0.6 is 0 Å². The summed E-state index contributed by atoms with van der Waals surface area (Å²) in [7, 11) is 1.58. The van der Waals surface area contributed by atoms with E-state index in [9.17, 15) is 9.59 Å². The highest BCUT2D eigenvalue weighted by Gasteiger charge is 2.25. The smallest absolute Gasteiger partial charge is 0.322 e. The molecule has 0 aliphatic carbocycles. The van der Waals surface area contributed by atoms with Crippen LogP contribution in [-0.2, 0) is 4.79 Å². The summed E-state index contributed by atoms with van der Waals surface area (Å²) >= 11 is 0. The second-order valence-electron chi connectivity index (χ2n) is 5.10. The number of carboxylic acids is 1. The number of urea groups is 1. The van der Waals surface area contributed by atoms with Gasteiger partial charge in [0.2, 0.25) is 0 Å². The number of nitrogens with one attached hydrogen (secondary N) is 1. The Morgan fingerprint density at radius 1 is 1.35 bits per heavy atom. The van der Waals surface area contributed by atoms with Gasteiger partial charge >= 0.3 is 12.0 Å². The number of aliphatic carboxylic acids is 1. The number of rotatable bonds is 4. The van der Waals surface area contributed by atoms with E-state index in [0.29, 0.717) is 11.3 Å². The molecule has 2 amide bonds. The topological polar surface area (TPSA) is 93.4 Å². The van der Waals surface area contributed by atoms with Crippen LogP contribution in [0.25, 0.3) is 0 Å². The Balaban J connectivity index is 2.76. The van der Waals surface area contributed by atoms with E-state index in [2.05, 4.69) is 5.32 Å². The van der Waals surface area contributed by atoms with E-state index in [1.807, 2.05) is 6.07 Å². The fourth-order valence-electron chi connectivity index (χ4n) is 1.67. The SMILES string of the molecule is CN(C(=O)NC(C)(C)CC(=O)O)c1ccc(C#N)cc1.